The summed E-state index contributed by atoms with van der Waals surface area (Å²) in [5.41, 5.74) is 1.73. The number of rotatable bonds is 5. The summed E-state index contributed by atoms with van der Waals surface area (Å²) in [6, 6.07) is 4.24. The zero-order valence-electron chi connectivity index (χ0n) is 11.7. The Hall–Kier alpha value is -2.26. The van der Waals surface area contributed by atoms with E-state index in [9.17, 15) is 0 Å². The molecule has 0 radical (unpaired) electrons. The minimum atomic E-state index is 0.224. The predicted octanol–water partition coefficient (Wildman–Crippen LogP) is 3.88. The van der Waals surface area contributed by atoms with E-state index >= 15 is 0 Å². The molecule has 21 heavy (non-hydrogen) atoms. The molecule has 3 heterocycles. The third-order valence-electron chi connectivity index (χ3n) is 3.43. The van der Waals surface area contributed by atoms with Crippen molar-refractivity contribution in [3.8, 4) is 16.6 Å². The molecule has 106 valence electrons. The molecule has 3 aromatic rings. The van der Waals surface area contributed by atoms with E-state index in [1.54, 1.807) is 17.7 Å². The average molecular weight is 297 g/mol. The Morgan fingerprint density at radius 3 is 3.10 bits per heavy atom. The van der Waals surface area contributed by atoms with Crippen molar-refractivity contribution in [3.05, 3.63) is 29.8 Å². The molecule has 0 bridgehead atoms. The summed E-state index contributed by atoms with van der Waals surface area (Å²) >= 11 is 1.63. The number of H-pyrrole nitrogens is 1. The molecule has 0 saturated heterocycles. The van der Waals surface area contributed by atoms with Gasteiger partial charge >= 0.3 is 0 Å². The summed E-state index contributed by atoms with van der Waals surface area (Å²) in [6.45, 7) is 2.13. The van der Waals surface area contributed by atoms with E-state index in [1.807, 2.05) is 18.5 Å². The van der Waals surface area contributed by atoms with Crippen molar-refractivity contribution in [1.82, 2.24) is 19.9 Å². The monoisotopic (exact) mass is 297 g/mol. The van der Waals surface area contributed by atoms with Gasteiger partial charge in [0.15, 0.2) is 0 Å². The number of fused-ring (bicyclic) bond motifs is 1. The first kappa shape index (κ1) is 13.7. The highest BCUT2D eigenvalue weighted by molar-refractivity contribution is 7.15. The second-order valence-electron chi connectivity index (χ2n) is 4.87. The lowest BCUT2D eigenvalue weighted by molar-refractivity contribution is 0.622. The van der Waals surface area contributed by atoms with Gasteiger partial charge in [0, 0.05) is 30.1 Å². The lowest BCUT2D eigenvalue weighted by atomic mass is 10.0. The van der Waals surface area contributed by atoms with Crippen LogP contribution in [0.5, 0.6) is 0 Å². The Kier molecular flexibility index (Phi) is 3.93. The molecule has 0 aliphatic rings. The van der Waals surface area contributed by atoms with E-state index < -0.39 is 0 Å². The Bertz CT molecular complexity index is 783. The molecular formula is C15H15N5S. The van der Waals surface area contributed by atoms with Gasteiger partial charge in [0.05, 0.1) is 21.6 Å². The van der Waals surface area contributed by atoms with Crippen LogP contribution in [0, 0.1) is 11.3 Å². The molecule has 6 heteroatoms. The molecule has 0 amide bonds. The molecule has 3 rings (SSSR count). The van der Waals surface area contributed by atoms with Crippen LogP contribution in [-0.4, -0.2) is 19.9 Å². The van der Waals surface area contributed by atoms with Crippen LogP contribution in [-0.2, 0) is 0 Å². The van der Waals surface area contributed by atoms with E-state index in [4.69, 9.17) is 5.26 Å². The van der Waals surface area contributed by atoms with Crippen LogP contribution in [0.2, 0.25) is 0 Å². The molecule has 1 atom stereocenters. The van der Waals surface area contributed by atoms with Gasteiger partial charge in [-0.05, 0) is 12.5 Å². The molecule has 1 N–H and O–H groups in total. The average Bonchev–Trinajstić information content (AvgIpc) is 3.15. The standard InChI is InChI=1S/C15H15N5S/c1-2-3-10(4-6-16)15-18-8-12(21-15)13-11-5-7-17-14(11)20-9-19-13/h5,7-10H,2-4H2,1H3,(H,17,19,20)/t10-/m1/s1. The van der Waals surface area contributed by atoms with Crippen molar-refractivity contribution in [2.24, 2.45) is 0 Å². The molecule has 0 aliphatic heterocycles. The second kappa shape index (κ2) is 6.02. The molecule has 0 aromatic carbocycles. The van der Waals surface area contributed by atoms with E-state index in [-0.39, 0.29) is 5.92 Å². The number of hydrogen-bond acceptors (Lipinski definition) is 5. The zero-order valence-corrected chi connectivity index (χ0v) is 12.5. The van der Waals surface area contributed by atoms with Crippen LogP contribution in [0.15, 0.2) is 24.8 Å². The van der Waals surface area contributed by atoms with Crippen LogP contribution in [0.1, 0.15) is 37.1 Å². The van der Waals surface area contributed by atoms with Crippen LogP contribution >= 0.6 is 11.3 Å². The fourth-order valence-corrected chi connectivity index (χ4v) is 3.49. The maximum Gasteiger partial charge on any atom is 0.141 e. The Balaban J connectivity index is 1.98. The predicted molar refractivity (Wildman–Crippen MR) is 82.9 cm³/mol. The SMILES string of the molecule is CCC[C@H](CC#N)c1ncc(-c2ncnc3[nH]ccc23)s1. The highest BCUT2D eigenvalue weighted by Gasteiger charge is 2.17. The molecule has 0 unspecified atom stereocenters. The number of nitriles is 1. The first-order chi connectivity index (χ1) is 10.3. The third kappa shape index (κ3) is 2.65. The van der Waals surface area contributed by atoms with E-state index in [1.165, 1.54) is 0 Å². The van der Waals surface area contributed by atoms with Crippen molar-refractivity contribution < 1.29 is 0 Å². The number of hydrogen-bond donors (Lipinski definition) is 1. The lowest BCUT2D eigenvalue weighted by Gasteiger charge is -2.07. The second-order valence-corrected chi connectivity index (χ2v) is 5.94. The first-order valence-electron chi connectivity index (χ1n) is 6.94. The maximum atomic E-state index is 8.96. The van der Waals surface area contributed by atoms with E-state index in [0.717, 1.165) is 39.5 Å². The first-order valence-corrected chi connectivity index (χ1v) is 7.76. The summed E-state index contributed by atoms with van der Waals surface area (Å²) in [5.74, 6) is 0.224. The van der Waals surface area contributed by atoms with E-state index in [2.05, 4.69) is 32.9 Å². The van der Waals surface area contributed by atoms with Gasteiger partial charge in [-0.1, -0.05) is 13.3 Å². The third-order valence-corrected chi connectivity index (χ3v) is 4.60. The fourth-order valence-electron chi connectivity index (χ4n) is 2.43. The van der Waals surface area contributed by atoms with Crippen LogP contribution in [0.3, 0.4) is 0 Å². The summed E-state index contributed by atoms with van der Waals surface area (Å²) in [5, 5.41) is 11.0. The minimum absolute atomic E-state index is 0.224. The molecule has 0 fully saturated rings. The molecule has 3 aromatic heterocycles. The van der Waals surface area contributed by atoms with Gasteiger partial charge in [0.2, 0.25) is 0 Å². The molecule has 0 aliphatic carbocycles. The maximum absolute atomic E-state index is 8.96. The quantitative estimate of drug-likeness (QED) is 0.775. The Labute approximate surface area is 126 Å². The van der Waals surface area contributed by atoms with Gasteiger partial charge in [-0.25, -0.2) is 15.0 Å². The van der Waals surface area contributed by atoms with Crippen molar-refractivity contribution in [1.29, 1.82) is 5.26 Å². The van der Waals surface area contributed by atoms with Crippen molar-refractivity contribution in [2.45, 2.75) is 32.1 Å². The number of nitrogens with one attached hydrogen (secondary N) is 1. The summed E-state index contributed by atoms with van der Waals surface area (Å²) < 4.78 is 0. The number of nitrogens with zero attached hydrogens (tertiary/aromatic N) is 4. The fraction of sp³-hybridized carbons (Fsp3) is 0.333. The van der Waals surface area contributed by atoms with Gasteiger partial charge in [0.25, 0.3) is 0 Å². The summed E-state index contributed by atoms with van der Waals surface area (Å²) in [7, 11) is 0. The molecular weight excluding hydrogens is 282 g/mol. The van der Waals surface area contributed by atoms with Gasteiger partial charge in [0.1, 0.15) is 12.0 Å². The number of thiazole rings is 1. The lowest BCUT2D eigenvalue weighted by Crippen LogP contribution is -1.96. The molecule has 5 nitrogen and oxygen atoms in total. The van der Waals surface area contributed by atoms with Crippen molar-refractivity contribution in [2.75, 3.05) is 0 Å². The van der Waals surface area contributed by atoms with Gasteiger partial charge in [-0.15, -0.1) is 11.3 Å². The van der Waals surface area contributed by atoms with Gasteiger partial charge in [-0.2, -0.15) is 5.26 Å². The summed E-state index contributed by atoms with van der Waals surface area (Å²) in [4.78, 5) is 17.2. The van der Waals surface area contributed by atoms with Crippen molar-refractivity contribution in [3.63, 3.8) is 0 Å². The minimum Gasteiger partial charge on any atom is -0.346 e. The highest BCUT2D eigenvalue weighted by Crippen LogP contribution is 2.34. The van der Waals surface area contributed by atoms with Crippen LogP contribution in [0.25, 0.3) is 21.6 Å². The van der Waals surface area contributed by atoms with Gasteiger partial charge < -0.3 is 4.98 Å². The van der Waals surface area contributed by atoms with E-state index in [0.29, 0.717) is 6.42 Å². The van der Waals surface area contributed by atoms with Crippen LogP contribution < -0.4 is 0 Å². The molecule has 0 saturated carbocycles. The zero-order chi connectivity index (χ0) is 14.7. The Morgan fingerprint density at radius 2 is 2.29 bits per heavy atom. The smallest absolute Gasteiger partial charge is 0.141 e. The number of aromatic amines is 1. The largest absolute Gasteiger partial charge is 0.346 e. The summed E-state index contributed by atoms with van der Waals surface area (Å²) in [6.07, 6.45) is 7.84. The Morgan fingerprint density at radius 1 is 1.38 bits per heavy atom. The number of aromatic nitrogens is 4. The van der Waals surface area contributed by atoms with Crippen molar-refractivity contribution >= 4 is 22.4 Å². The molecule has 0 spiro atoms. The normalized spacial score (nSPS) is 12.4. The van der Waals surface area contributed by atoms with Gasteiger partial charge in [-0.3, -0.25) is 0 Å². The van der Waals surface area contributed by atoms with Crippen LogP contribution in [0.4, 0.5) is 0 Å². The topological polar surface area (TPSA) is 78.2 Å². The highest BCUT2D eigenvalue weighted by atomic mass is 32.1.